The highest BCUT2D eigenvalue weighted by atomic mass is 16.3. The lowest BCUT2D eigenvalue weighted by atomic mass is 9.67. The van der Waals surface area contributed by atoms with Gasteiger partial charge in [0.15, 0.2) is 0 Å². The number of phenolic OH excluding ortho intramolecular Hbond substituents is 1. The minimum absolute atomic E-state index is 0.00649. The van der Waals surface area contributed by atoms with Crippen LogP contribution in [0.2, 0.25) is 0 Å². The number of anilines is 5. The number of nitrogens with zero attached hydrogens (tertiary/aromatic N) is 5. The molecule has 1 aromatic heterocycles. The summed E-state index contributed by atoms with van der Waals surface area (Å²) >= 11 is 0. The Balaban J connectivity index is 1.03. The molecule has 1 aromatic carbocycles. The monoisotopic (exact) mass is 603 g/mol. The first-order valence-electron chi connectivity index (χ1n) is 16.3. The molecule has 3 bridgehead atoms. The molecule has 236 valence electrons. The molecule has 2 aromatic rings. The zero-order valence-electron chi connectivity index (χ0n) is 25.2. The highest BCUT2D eigenvalue weighted by molar-refractivity contribution is 6.00. The van der Waals surface area contributed by atoms with E-state index >= 15 is 0 Å². The van der Waals surface area contributed by atoms with Crippen LogP contribution in [-0.4, -0.2) is 76.3 Å². The maximum atomic E-state index is 13.7. The van der Waals surface area contributed by atoms with Crippen LogP contribution in [0.3, 0.4) is 0 Å². The first-order valence-corrected chi connectivity index (χ1v) is 16.3. The number of phenols is 1. The van der Waals surface area contributed by atoms with E-state index in [4.69, 9.17) is 37.9 Å². The van der Waals surface area contributed by atoms with Gasteiger partial charge in [-0.15, -0.1) is 0 Å². The number of benzene rings is 1. The molecule has 0 radical (unpaired) electrons. The number of hydrogen-bond donors (Lipinski definition) is 7. The van der Waals surface area contributed by atoms with E-state index < -0.39 is 0 Å². The number of aromatic hydroxyl groups is 1. The van der Waals surface area contributed by atoms with Gasteiger partial charge in [0.25, 0.3) is 0 Å². The Morgan fingerprint density at radius 3 is 2.00 bits per heavy atom. The predicted molar refractivity (Wildman–Crippen MR) is 168 cm³/mol. The van der Waals surface area contributed by atoms with Crippen LogP contribution in [0, 0.1) is 28.6 Å². The smallest absolute Gasteiger partial charge is 0.233 e. The van der Waals surface area contributed by atoms with Crippen LogP contribution in [0.25, 0.3) is 0 Å². The van der Waals surface area contributed by atoms with Crippen LogP contribution in [0.5, 0.6) is 5.75 Å². The number of nitrogens with two attached hydrogens (primary N) is 4. The first kappa shape index (κ1) is 28.2. The van der Waals surface area contributed by atoms with Crippen LogP contribution >= 0.6 is 0 Å². The summed E-state index contributed by atoms with van der Waals surface area (Å²) in [6.07, 6.45) is 8.57. The molecule has 6 fully saturated rings. The van der Waals surface area contributed by atoms with Crippen LogP contribution in [0.4, 0.5) is 29.2 Å². The number of aromatic nitrogens is 3. The molecule has 6 aliphatic rings. The van der Waals surface area contributed by atoms with Gasteiger partial charge in [-0.1, -0.05) is 0 Å². The minimum Gasteiger partial charge on any atom is -0.506 e. The fourth-order valence-electron chi connectivity index (χ4n) is 9.96. The van der Waals surface area contributed by atoms with Crippen molar-refractivity contribution in [1.82, 2.24) is 15.0 Å². The van der Waals surface area contributed by atoms with Crippen molar-refractivity contribution in [1.29, 1.82) is 0 Å². The van der Waals surface area contributed by atoms with E-state index in [1.807, 2.05) is 15.9 Å². The SMILES string of the molecule is N[C@@H]1C[C@H](N)CN(c2nc(Nc3ccc(NC(=O)C45CC6CC7CC(C6)C4(C7)C5)c(O)c3)nc(N3C[C@H](N)C[C@H](N)C3)n2)C1. The van der Waals surface area contributed by atoms with Gasteiger partial charge in [-0.3, -0.25) is 4.79 Å². The second kappa shape index (κ2) is 10.1. The Morgan fingerprint density at radius 2 is 1.41 bits per heavy atom. The van der Waals surface area contributed by atoms with Crippen LogP contribution < -0.4 is 43.4 Å². The fraction of sp³-hybridized carbons (Fsp3) is 0.677. The molecule has 8 rings (SSSR count). The van der Waals surface area contributed by atoms with E-state index in [9.17, 15) is 9.90 Å². The summed E-state index contributed by atoms with van der Waals surface area (Å²) in [6.45, 7) is 2.32. The van der Waals surface area contributed by atoms with Crippen LogP contribution in [0.1, 0.15) is 51.4 Å². The van der Waals surface area contributed by atoms with Gasteiger partial charge < -0.3 is 48.5 Å². The average molecular weight is 604 g/mol. The Kier molecular flexibility index (Phi) is 6.50. The standard InChI is InChI=1S/C31H45N11O2/c32-19-6-20(33)12-41(11-19)28-38-27(39-29(40-28)42-13-21(34)7-22(35)14-42)36-23-1-2-24(25(43)8-23)37-26(44)31-10-17-3-16-4-18(5-17)30(31,9-16)15-31/h1-2,8,16-22,43H,3-7,9-15,32-35H2,(H,37,44)(H,36,38,39,40)/t16?,17?,18?,19-,20+,21-,22+,30?,31?. The molecule has 44 heavy (non-hydrogen) atoms. The molecule has 4 aliphatic carbocycles. The second-order valence-corrected chi connectivity index (χ2v) is 14.9. The van der Waals surface area contributed by atoms with Crippen molar-refractivity contribution in [3.05, 3.63) is 18.2 Å². The van der Waals surface area contributed by atoms with E-state index in [1.165, 1.54) is 25.7 Å². The molecule has 13 nitrogen and oxygen atoms in total. The molecular weight excluding hydrogens is 558 g/mol. The summed E-state index contributed by atoms with van der Waals surface area (Å²) < 4.78 is 0. The highest BCUT2D eigenvalue weighted by Gasteiger charge is 2.79. The van der Waals surface area contributed by atoms with Crippen molar-refractivity contribution >= 4 is 35.1 Å². The summed E-state index contributed by atoms with van der Waals surface area (Å²) in [6, 6.07) is 4.80. The van der Waals surface area contributed by atoms with Gasteiger partial charge in [0, 0.05) is 62.1 Å². The van der Waals surface area contributed by atoms with Crippen LogP contribution in [0.15, 0.2) is 18.2 Å². The number of fused-ring (bicyclic) bond motifs is 2. The van der Waals surface area contributed by atoms with Gasteiger partial charge in [-0.2, -0.15) is 15.0 Å². The lowest BCUT2D eigenvalue weighted by Crippen LogP contribution is -2.54. The molecular formula is C31H45N11O2. The highest BCUT2D eigenvalue weighted by Crippen LogP contribution is 2.83. The average Bonchev–Trinajstić information content (AvgIpc) is 3.56. The van der Waals surface area contributed by atoms with Gasteiger partial charge in [0.05, 0.1) is 11.1 Å². The normalized spacial score (nSPS) is 38.8. The molecule has 2 saturated heterocycles. The summed E-state index contributed by atoms with van der Waals surface area (Å²) in [4.78, 5) is 31.9. The Morgan fingerprint density at radius 1 is 0.818 bits per heavy atom. The van der Waals surface area contributed by atoms with Crippen molar-refractivity contribution in [3.63, 3.8) is 0 Å². The molecule has 13 heteroatoms. The second-order valence-electron chi connectivity index (χ2n) is 14.9. The van der Waals surface area contributed by atoms with Gasteiger partial charge in [-0.05, 0) is 86.7 Å². The third kappa shape index (κ3) is 4.67. The molecule has 2 aliphatic heterocycles. The number of amides is 1. The Hall–Kier alpha value is -3.26. The van der Waals surface area contributed by atoms with Crippen molar-refractivity contribution in [2.75, 3.05) is 46.6 Å². The lowest BCUT2D eigenvalue weighted by Gasteiger charge is -2.38. The molecule has 1 spiro atoms. The summed E-state index contributed by atoms with van der Waals surface area (Å²) in [5.41, 5.74) is 26.1. The van der Waals surface area contributed by atoms with E-state index in [2.05, 4.69) is 10.6 Å². The largest absolute Gasteiger partial charge is 0.506 e. The lowest BCUT2D eigenvalue weighted by molar-refractivity contribution is -0.124. The molecule has 1 amide bonds. The number of carbonyl (C=O) groups excluding carboxylic acids is 1. The quantitative estimate of drug-likeness (QED) is 0.232. The van der Waals surface area contributed by atoms with Crippen LogP contribution in [-0.2, 0) is 4.79 Å². The van der Waals surface area contributed by atoms with Gasteiger partial charge in [0.1, 0.15) is 5.75 Å². The number of nitrogens with one attached hydrogen (secondary N) is 2. The minimum atomic E-state index is -0.258. The zero-order valence-corrected chi connectivity index (χ0v) is 25.2. The van der Waals surface area contributed by atoms with Gasteiger partial charge >= 0.3 is 0 Å². The first-order chi connectivity index (χ1) is 21.1. The van der Waals surface area contributed by atoms with E-state index in [0.29, 0.717) is 67.2 Å². The summed E-state index contributed by atoms with van der Waals surface area (Å²) in [7, 11) is 0. The number of carbonyl (C=O) groups is 1. The van der Waals surface area contributed by atoms with Crippen molar-refractivity contribution in [2.45, 2.75) is 75.5 Å². The molecule has 9 atom stereocenters. The van der Waals surface area contributed by atoms with Gasteiger partial charge in [-0.25, -0.2) is 0 Å². The van der Waals surface area contributed by atoms with E-state index in [-0.39, 0.29) is 46.7 Å². The summed E-state index contributed by atoms with van der Waals surface area (Å²) in [5, 5.41) is 17.4. The number of rotatable bonds is 6. The third-order valence-corrected chi connectivity index (χ3v) is 11.6. The van der Waals surface area contributed by atoms with Gasteiger partial charge in [0.2, 0.25) is 23.8 Å². The molecule has 4 saturated carbocycles. The number of hydrogen-bond acceptors (Lipinski definition) is 12. The van der Waals surface area contributed by atoms with E-state index in [0.717, 1.165) is 31.6 Å². The maximum Gasteiger partial charge on any atom is 0.233 e. The number of piperidine rings is 2. The molecule has 5 unspecified atom stereocenters. The van der Waals surface area contributed by atoms with E-state index in [1.54, 1.807) is 12.1 Å². The zero-order chi connectivity index (χ0) is 30.4. The molecule has 3 heterocycles. The third-order valence-electron chi connectivity index (χ3n) is 11.6. The van der Waals surface area contributed by atoms with Crippen molar-refractivity contribution < 1.29 is 9.90 Å². The topological polar surface area (TPSA) is 211 Å². The Bertz CT molecular complexity index is 1410. The maximum absolute atomic E-state index is 13.7. The van der Waals surface area contributed by atoms with Crippen molar-refractivity contribution in [2.24, 2.45) is 51.5 Å². The summed E-state index contributed by atoms with van der Waals surface area (Å²) in [5.74, 6) is 3.50. The fourth-order valence-corrected chi connectivity index (χ4v) is 9.96. The molecule has 11 N–H and O–H groups in total. The Labute approximate surface area is 257 Å². The van der Waals surface area contributed by atoms with Crippen molar-refractivity contribution in [3.8, 4) is 5.75 Å². The predicted octanol–water partition coefficient (Wildman–Crippen LogP) is 1.21.